The van der Waals surface area contributed by atoms with Crippen LogP contribution in [0.2, 0.25) is 0 Å². The Morgan fingerprint density at radius 3 is 2.50 bits per heavy atom. The van der Waals surface area contributed by atoms with Crippen molar-refractivity contribution in [2.24, 2.45) is 0 Å². The van der Waals surface area contributed by atoms with Crippen molar-refractivity contribution in [2.45, 2.75) is 33.6 Å². The van der Waals surface area contributed by atoms with Gasteiger partial charge < -0.3 is 19.9 Å². The van der Waals surface area contributed by atoms with E-state index in [4.69, 9.17) is 9.26 Å². The number of rotatable bonds is 7. The second kappa shape index (κ2) is 8.80. The van der Waals surface area contributed by atoms with Crippen LogP contribution in [0.4, 0.5) is 11.5 Å². The molecule has 2 aromatic rings. The summed E-state index contributed by atoms with van der Waals surface area (Å²) < 4.78 is 9.64. The molecule has 0 fully saturated rings. The van der Waals surface area contributed by atoms with Gasteiger partial charge in [-0.05, 0) is 38.0 Å². The van der Waals surface area contributed by atoms with E-state index < -0.39 is 18.5 Å². The number of aryl methyl sites for hydroxylation is 3. The molecule has 0 bridgehead atoms. The number of esters is 1. The number of amides is 2. The summed E-state index contributed by atoms with van der Waals surface area (Å²) in [5, 5.41) is 8.78. The Morgan fingerprint density at radius 1 is 1.04 bits per heavy atom. The Morgan fingerprint density at radius 2 is 1.81 bits per heavy atom. The average molecular weight is 359 g/mol. The lowest BCUT2D eigenvalue weighted by molar-refractivity contribution is -0.147. The first kappa shape index (κ1) is 19.2. The first-order chi connectivity index (χ1) is 12.3. The smallest absolute Gasteiger partial charge is 0.306 e. The molecule has 2 rings (SSSR count). The molecular formula is C18H21N3O5. The lowest BCUT2D eigenvalue weighted by Crippen LogP contribution is -2.22. The number of hydrogen-bond donors (Lipinski definition) is 2. The third-order valence-corrected chi connectivity index (χ3v) is 3.48. The molecule has 0 aliphatic carbocycles. The van der Waals surface area contributed by atoms with Gasteiger partial charge in [0.1, 0.15) is 5.76 Å². The van der Waals surface area contributed by atoms with E-state index >= 15 is 0 Å². The minimum atomic E-state index is -0.632. The van der Waals surface area contributed by atoms with Gasteiger partial charge in [0.15, 0.2) is 12.4 Å². The third-order valence-electron chi connectivity index (χ3n) is 3.48. The van der Waals surface area contributed by atoms with Crippen molar-refractivity contribution in [3.63, 3.8) is 0 Å². The zero-order valence-corrected chi connectivity index (χ0v) is 14.9. The summed E-state index contributed by atoms with van der Waals surface area (Å²) in [6, 6.07) is 7.26. The van der Waals surface area contributed by atoms with Crippen molar-refractivity contribution < 1.29 is 23.6 Å². The second-order valence-electron chi connectivity index (χ2n) is 5.90. The molecule has 1 heterocycles. The molecule has 0 saturated carbocycles. The predicted molar refractivity (Wildman–Crippen MR) is 94.6 cm³/mol. The minimum absolute atomic E-state index is 0.0314. The van der Waals surface area contributed by atoms with E-state index in [0.29, 0.717) is 11.4 Å². The van der Waals surface area contributed by atoms with Crippen LogP contribution in [-0.2, 0) is 19.1 Å². The molecule has 0 saturated heterocycles. The molecule has 2 amide bonds. The number of anilines is 2. The molecule has 8 heteroatoms. The molecule has 8 nitrogen and oxygen atoms in total. The van der Waals surface area contributed by atoms with Crippen LogP contribution in [0.25, 0.3) is 0 Å². The Balaban J connectivity index is 1.70. The van der Waals surface area contributed by atoms with Gasteiger partial charge >= 0.3 is 5.97 Å². The predicted octanol–water partition coefficient (Wildman–Crippen LogP) is 2.50. The second-order valence-corrected chi connectivity index (χ2v) is 5.90. The highest BCUT2D eigenvalue weighted by Gasteiger charge is 2.12. The molecule has 0 atom stereocenters. The van der Waals surface area contributed by atoms with Crippen molar-refractivity contribution in [3.05, 3.63) is 41.2 Å². The summed E-state index contributed by atoms with van der Waals surface area (Å²) in [5.41, 5.74) is 2.68. The summed E-state index contributed by atoms with van der Waals surface area (Å²) in [6.07, 6.45) is -0.149. The topological polar surface area (TPSA) is 111 Å². The zero-order chi connectivity index (χ0) is 19.1. The van der Waals surface area contributed by atoms with Gasteiger partial charge in [0.2, 0.25) is 5.91 Å². The maximum atomic E-state index is 11.9. The molecule has 0 radical (unpaired) electrons. The highest BCUT2D eigenvalue weighted by Crippen LogP contribution is 2.16. The summed E-state index contributed by atoms with van der Waals surface area (Å²) in [6.45, 7) is 5.05. The van der Waals surface area contributed by atoms with Crippen molar-refractivity contribution >= 4 is 29.3 Å². The highest BCUT2D eigenvalue weighted by atomic mass is 16.5. The monoisotopic (exact) mass is 359 g/mol. The van der Waals surface area contributed by atoms with Gasteiger partial charge in [-0.25, -0.2) is 0 Å². The van der Waals surface area contributed by atoms with Crippen LogP contribution < -0.4 is 10.6 Å². The maximum Gasteiger partial charge on any atom is 0.306 e. The van der Waals surface area contributed by atoms with Crippen LogP contribution in [0.5, 0.6) is 0 Å². The van der Waals surface area contributed by atoms with Crippen LogP contribution in [0.15, 0.2) is 28.8 Å². The lowest BCUT2D eigenvalue weighted by atomic mass is 10.1. The normalized spacial score (nSPS) is 10.3. The first-order valence-corrected chi connectivity index (χ1v) is 8.09. The van der Waals surface area contributed by atoms with Gasteiger partial charge in [-0.1, -0.05) is 17.3 Å². The van der Waals surface area contributed by atoms with Crippen molar-refractivity contribution in [2.75, 3.05) is 17.2 Å². The lowest BCUT2D eigenvalue weighted by Gasteiger charge is -2.09. The number of carbonyl (C=O) groups excluding carboxylic acids is 3. The largest absolute Gasteiger partial charge is 0.456 e. The van der Waals surface area contributed by atoms with E-state index in [1.807, 2.05) is 32.0 Å². The Labute approximate surface area is 150 Å². The quantitative estimate of drug-likeness (QED) is 0.735. The molecule has 0 unspecified atom stereocenters. The molecule has 26 heavy (non-hydrogen) atoms. The summed E-state index contributed by atoms with van der Waals surface area (Å²) in [7, 11) is 0. The SMILES string of the molecule is Cc1ccc(C)c(NC(=O)CCC(=O)OCC(=O)Nc2cc(C)on2)c1. The Hall–Kier alpha value is -3.16. The number of nitrogens with zero attached hydrogens (tertiary/aromatic N) is 1. The summed E-state index contributed by atoms with van der Waals surface area (Å²) in [5.74, 6) is -0.666. The van der Waals surface area contributed by atoms with Crippen LogP contribution in [0.1, 0.15) is 29.7 Å². The molecule has 1 aromatic carbocycles. The standard InChI is InChI=1S/C18H21N3O5/c1-11-4-5-12(2)14(8-11)19-16(22)6-7-18(24)25-10-17(23)20-15-9-13(3)26-21-15/h4-5,8-9H,6-7,10H2,1-3H3,(H,19,22)(H,20,21,23). The van der Waals surface area contributed by atoms with Crippen molar-refractivity contribution in [3.8, 4) is 0 Å². The molecule has 0 aliphatic heterocycles. The number of aromatic nitrogens is 1. The van der Waals surface area contributed by atoms with Crippen molar-refractivity contribution in [1.29, 1.82) is 0 Å². The Bertz CT molecular complexity index is 813. The maximum absolute atomic E-state index is 11.9. The van der Waals surface area contributed by atoms with Crippen LogP contribution >= 0.6 is 0 Å². The van der Waals surface area contributed by atoms with Gasteiger partial charge in [-0.2, -0.15) is 0 Å². The molecule has 138 valence electrons. The van der Waals surface area contributed by atoms with Gasteiger partial charge in [0.25, 0.3) is 5.91 Å². The van der Waals surface area contributed by atoms with E-state index in [0.717, 1.165) is 11.1 Å². The van der Waals surface area contributed by atoms with Crippen LogP contribution in [0, 0.1) is 20.8 Å². The van der Waals surface area contributed by atoms with E-state index in [2.05, 4.69) is 15.8 Å². The molecule has 1 aromatic heterocycles. The summed E-state index contributed by atoms with van der Waals surface area (Å²) in [4.78, 5) is 35.2. The third kappa shape index (κ3) is 6.04. The number of carbonyl (C=O) groups is 3. The van der Waals surface area contributed by atoms with Crippen LogP contribution in [-0.4, -0.2) is 29.5 Å². The van der Waals surface area contributed by atoms with Gasteiger partial charge in [0, 0.05) is 18.2 Å². The van der Waals surface area contributed by atoms with Gasteiger partial charge in [0.05, 0.1) is 6.42 Å². The number of ether oxygens (including phenoxy) is 1. The average Bonchev–Trinajstić information content (AvgIpc) is 2.99. The number of benzene rings is 1. The molecule has 0 spiro atoms. The Kier molecular flexibility index (Phi) is 6.48. The highest BCUT2D eigenvalue weighted by molar-refractivity contribution is 5.94. The van der Waals surface area contributed by atoms with Crippen molar-refractivity contribution in [1.82, 2.24) is 5.16 Å². The summed E-state index contributed by atoms with van der Waals surface area (Å²) >= 11 is 0. The fraction of sp³-hybridized carbons (Fsp3) is 0.333. The van der Waals surface area contributed by atoms with E-state index in [1.54, 1.807) is 6.92 Å². The van der Waals surface area contributed by atoms with E-state index in [1.165, 1.54) is 6.07 Å². The fourth-order valence-electron chi connectivity index (χ4n) is 2.12. The first-order valence-electron chi connectivity index (χ1n) is 8.09. The number of nitrogens with one attached hydrogen (secondary N) is 2. The van der Waals surface area contributed by atoms with Gasteiger partial charge in [-0.15, -0.1) is 0 Å². The zero-order valence-electron chi connectivity index (χ0n) is 14.9. The van der Waals surface area contributed by atoms with E-state index in [-0.39, 0.29) is 24.6 Å². The fourth-order valence-corrected chi connectivity index (χ4v) is 2.12. The molecule has 2 N–H and O–H groups in total. The van der Waals surface area contributed by atoms with Gasteiger partial charge in [-0.3, -0.25) is 14.4 Å². The van der Waals surface area contributed by atoms with Crippen LogP contribution in [0.3, 0.4) is 0 Å². The number of hydrogen-bond acceptors (Lipinski definition) is 6. The minimum Gasteiger partial charge on any atom is -0.456 e. The molecule has 0 aliphatic rings. The molecular weight excluding hydrogens is 338 g/mol. The van der Waals surface area contributed by atoms with E-state index in [9.17, 15) is 14.4 Å².